The molecule has 0 aromatic heterocycles. The van der Waals surface area contributed by atoms with Gasteiger partial charge in [0.2, 0.25) is 0 Å². The average molecular weight is 413 g/mol. The number of thiocarbonyl (C=S) groups is 1. The zero-order valence-electron chi connectivity index (χ0n) is 16.5. The van der Waals surface area contributed by atoms with Crippen LogP contribution >= 0.6 is 12.2 Å². The van der Waals surface area contributed by atoms with E-state index in [-0.39, 0.29) is 16.4 Å². The number of nitrogens with one attached hydrogen (secondary N) is 2. The van der Waals surface area contributed by atoms with Gasteiger partial charge in [0.25, 0.3) is 11.6 Å². The lowest BCUT2D eigenvalue weighted by Gasteiger charge is -2.35. The summed E-state index contributed by atoms with van der Waals surface area (Å²) in [5, 5.41) is 16.8. The quantitative estimate of drug-likeness (QED) is 0.439. The Balaban J connectivity index is 1.63. The monoisotopic (exact) mass is 412 g/mol. The van der Waals surface area contributed by atoms with Gasteiger partial charge in [0.05, 0.1) is 4.92 Å². The van der Waals surface area contributed by atoms with E-state index >= 15 is 0 Å². The highest BCUT2D eigenvalue weighted by atomic mass is 32.1. The summed E-state index contributed by atoms with van der Waals surface area (Å²) in [6.07, 6.45) is 3.68. The van der Waals surface area contributed by atoms with Crippen LogP contribution in [0.5, 0.6) is 0 Å². The Labute approximate surface area is 175 Å². The number of anilines is 2. The van der Waals surface area contributed by atoms with E-state index in [1.54, 1.807) is 6.92 Å². The number of nitrogens with zero attached hydrogens (tertiary/aromatic N) is 2. The molecule has 8 heteroatoms. The second-order valence-corrected chi connectivity index (χ2v) is 7.61. The first kappa shape index (κ1) is 20.7. The molecule has 3 rings (SSSR count). The van der Waals surface area contributed by atoms with Gasteiger partial charge in [-0.1, -0.05) is 6.07 Å². The normalized spacial score (nSPS) is 16.2. The van der Waals surface area contributed by atoms with E-state index in [9.17, 15) is 14.9 Å². The smallest absolute Gasteiger partial charge is 0.273 e. The van der Waals surface area contributed by atoms with Gasteiger partial charge >= 0.3 is 0 Å². The number of piperidine rings is 1. The molecule has 1 unspecified atom stereocenters. The largest absolute Gasteiger partial charge is 0.369 e. The molecule has 1 atom stereocenters. The molecule has 0 bridgehead atoms. The van der Waals surface area contributed by atoms with E-state index in [1.165, 1.54) is 43.1 Å². The first-order valence-electron chi connectivity index (χ1n) is 9.60. The van der Waals surface area contributed by atoms with Crippen LogP contribution in [0.1, 0.15) is 42.1 Å². The van der Waals surface area contributed by atoms with Crippen molar-refractivity contribution in [3.05, 3.63) is 63.7 Å². The third-order valence-corrected chi connectivity index (χ3v) is 5.44. The summed E-state index contributed by atoms with van der Waals surface area (Å²) >= 11 is 5.23. The van der Waals surface area contributed by atoms with Gasteiger partial charge in [-0.05, 0) is 75.7 Å². The second kappa shape index (κ2) is 9.00. The lowest BCUT2D eigenvalue weighted by Crippen LogP contribution is -2.37. The Morgan fingerprint density at radius 3 is 2.59 bits per heavy atom. The molecule has 1 amide bonds. The van der Waals surface area contributed by atoms with Crippen LogP contribution in [0.25, 0.3) is 0 Å². The van der Waals surface area contributed by atoms with Crippen LogP contribution in [-0.4, -0.2) is 28.5 Å². The van der Waals surface area contributed by atoms with Gasteiger partial charge in [0.15, 0.2) is 5.11 Å². The first-order valence-corrected chi connectivity index (χ1v) is 10.0. The molecule has 0 aliphatic carbocycles. The Bertz CT molecular complexity index is 930. The van der Waals surface area contributed by atoms with Gasteiger partial charge in [-0.3, -0.25) is 20.2 Å². The lowest BCUT2D eigenvalue weighted by molar-refractivity contribution is -0.385. The maximum absolute atomic E-state index is 12.5. The molecule has 1 aliphatic rings. The van der Waals surface area contributed by atoms with E-state index in [0.29, 0.717) is 11.6 Å². The highest BCUT2D eigenvalue weighted by molar-refractivity contribution is 7.80. The molecule has 0 spiro atoms. The van der Waals surface area contributed by atoms with Crippen molar-refractivity contribution in [3.63, 3.8) is 0 Å². The molecule has 152 valence electrons. The zero-order chi connectivity index (χ0) is 21.0. The molecule has 0 saturated carbocycles. The van der Waals surface area contributed by atoms with Crippen molar-refractivity contribution < 1.29 is 9.72 Å². The first-order chi connectivity index (χ1) is 13.9. The highest BCUT2D eigenvalue weighted by Crippen LogP contribution is 2.26. The lowest BCUT2D eigenvalue weighted by atomic mass is 10.0. The fraction of sp³-hybridized carbons (Fsp3) is 0.333. The van der Waals surface area contributed by atoms with E-state index in [2.05, 4.69) is 22.5 Å². The SMILES string of the molecule is Cc1c(C(=O)NC(=S)Nc2ccc(N3CCCCC3C)cc2)cccc1[N+](=O)[O-]. The van der Waals surface area contributed by atoms with Crippen molar-refractivity contribution in [2.24, 2.45) is 0 Å². The number of benzene rings is 2. The number of amides is 1. The third-order valence-electron chi connectivity index (χ3n) is 5.23. The van der Waals surface area contributed by atoms with Crippen LogP contribution in [0, 0.1) is 17.0 Å². The van der Waals surface area contributed by atoms with Gasteiger partial charge in [-0.15, -0.1) is 0 Å². The minimum absolute atomic E-state index is 0.0981. The average Bonchev–Trinajstić information content (AvgIpc) is 2.69. The molecule has 1 saturated heterocycles. The van der Waals surface area contributed by atoms with Gasteiger partial charge in [0.1, 0.15) is 0 Å². The fourth-order valence-corrected chi connectivity index (χ4v) is 3.83. The van der Waals surface area contributed by atoms with E-state index in [4.69, 9.17) is 12.2 Å². The molecule has 1 heterocycles. The van der Waals surface area contributed by atoms with Gasteiger partial charge in [-0.2, -0.15) is 0 Å². The molecule has 2 aromatic carbocycles. The van der Waals surface area contributed by atoms with E-state index in [1.807, 2.05) is 24.3 Å². The number of carbonyl (C=O) groups is 1. The van der Waals surface area contributed by atoms with Gasteiger partial charge in [0, 0.05) is 41.2 Å². The Morgan fingerprint density at radius 2 is 1.93 bits per heavy atom. The molecule has 2 N–H and O–H groups in total. The van der Waals surface area contributed by atoms with Crippen molar-refractivity contribution in [2.45, 2.75) is 39.2 Å². The summed E-state index contributed by atoms with van der Waals surface area (Å²) in [4.78, 5) is 25.4. The summed E-state index contributed by atoms with van der Waals surface area (Å²) in [6.45, 7) is 4.85. The molecular weight excluding hydrogens is 388 g/mol. The molecule has 29 heavy (non-hydrogen) atoms. The number of rotatable bonds is 4. The van der Waals surface area contributed by atoms with Crippen molar-refractivity contribution in [3.8, 4) is 0 Å². The second-order valence-electron chi connectivity index (χ2n) is 7.20. The predicted octanol–water partition coefficient (Wildman–Crippen LogP) is 4.41. The molecule has 0 radical (unpaired) electrons. The van der Waals surface area contributed by atoms with Crippen molar-refractivity contribution in [1.82, 2.24) is 5.32 Å². The summed E-state index contributed by atoms with van der Waals surface area (Å²) in [5.41, 5.74) is 2.36. The topological polar surface area (TPSA) is 87.5 Å². The molecule has 2 aromatic rings. The Morgan fingerprint density at radius 1 is 1.21 bits per heavy atom. The molecular formula is C21H24N4O3S. The van der Waals surface area contributed by atoms with Crippen LogP contribution in [0.2, 0.25) is 0 Å². The Hall–Kier alpha value is -3.00. The number of nitro benzene ring substituents is 1. The van der Waals surface area contributed by atoms with Crippen molar-refractivity contribution >= 4 is 40.3 Å². The number of nitro groups is 1. The summed E-state index contributed by atoms with van der Waals surface area (Å²) in [5.74, 6) is -0.484. The standard InChI is InChI=1S/C21H24N4O3S/c1-14-6-3-4-13-24(14)17-11-9-16(10-12-17)22-21(29)23-20(26)18-7-5-8-19(15(18)2)25(27)28/h5,7-12,14H,3-4,6,13H2,1-2H3,(H2,22,23,26,29). The summed E-state index contributed by atoms with van der Waals surface area (Å²) in [6, 6.07) is 12.8. The van der Waals surface area contributed by atoms with Crippen molar-refractivity contribution in [2.75, 3.05) is 16.8 Å². The minimum atomic E-state index is -0.507. The van der Waals surface area contributed by atoms with Crippen LogP contribution in [0.15, 0.2) is 42.5 Å². The fourth-order valence-electron chi connectivity index (χ4n) is 3.62. The predicted molar refractivity (Wildman–Crippen MR) is 119 cm³/mol. The molecule has 1 aliphatic heterocycles. The highest BCUT2D eigenvalue weighted by Gasteiger charge is 2.20. The zero-order valence-corrected chi connectivity index (χ0v) is 17.3. The van der Waals surface area contributed by atoms with Gasteiger partial charge in [-0.25, -0.2) is 0 Å². The summed E-state index contributed by atoms with van der Waals surface area (Å²) in [7, 11) is 0. The maximum Gasteiger partial charge on any atom is 0.273 e. The minimum Gasteiger partial charge on any atom is -0.369 e. The molecule has 1 fully saturated rings. The van der Waals surface area contributed by atoms with E-state index in [0.717, 1.165) is 12.2 Å². The number of hydrogen-bond acceptors (Lipinski definition) is 5. The Kier molecular flexibility index (Phi) is 6.43. The third kappa shape index (κ3) is 4.89. The van der Waals surface area contributed by atoms with Crippen LogP contribution < -0.4 is 15.5 Å². The van der Waals surface area contributed by atoms with Crippen LogP contribution in [0.4, 0.5) is 17.1 Å². The van der Waals surface area contributed by atoms with Crippen molar-refractivity contribution in [1.29, 1.82) is 0 Å². The van der Waals surface area contributed by atoms with Gasteiger partial charge < -0.3 is 10.2 Å². The number of carbonyl (C=O) groups excluding carboxylic acids is 1. The number of hydrogen-bond donors (Lipinski definition) is 2. The van der Waals surface area contributed by atoms with Crippen LogP contribution in [0.3, 0.4) is 0 Å². The maximum atomic E-state index is 12.5. The van der Waals surface area contributed by atoms with Crippen LogP contribution in [-0.2, 0) is 0 Å². The van der Waals surface area contributed by atoms with E-state index < -0.39 is 10.8 Å². The summed E-state index contributed by atoms with van der Waals surface area (Å²) < 4.78 is 0. The molecule has 7 nitrogen and oxygen atoms in total.